The van der Waals surface area contributed by atoms with Gasteiger partial charge in [0.15, 0.2) is 0 Å². The number of carbonyl (C=O) groups is 1. The largest absolute Gasteiger partial charge is 0.573 e. The molecule has 0 spiro atoms. The van der Waals surface area contributed by atoms with Gasteiger partial charge in [0, 0.05) is 12.2 Å². The first-order valence-electron chi connectivity index (χ1n) is 7.12. The Morgan fingerprint density at radius 3 is 2.83 bits per heavy atom. The highest BCUT2D eigenvalue weighted by Crippen LogP contribution is 2.33. The molecule has 1 aliphatic rings. The van der Waals surface area contributed by atoms with Crippen molar-refractivity contribution in [2.45, 2.75) is 25.6 Å². The van der Waals surface area contributed by atoms with Crippen molar-refractivity contribution < 1.29 is 22.7 Å². The maximum atomic E-state index is 12.5. The monoisotopic (exact) mass is 341 g/mol. The summed E-state index contributed by atoms with van der Waals surface area (Å²) in [4.78, 5) is 14.1. The number of nitrogens with zero attached hydrogens (tertiary/aromatic N) is 1. The first-order valence-corrected chi connectivity index (χ1v) is 8.07. The average molecular weight is 341 g/mol. The van der Waals surface area contributed by atoms with E-state index < -0.39 is 6.36 Å². The third-order valence-electron chi connectivity index (χ3n) is 3.64. The highest BCUT2D eigenvalue weighted by Gasteiger charge is 2.32. The molecule has 0 saturated carbocycles. The molecule has 3 rings (SSSR count). The Morgan fingerprint density at radius 1 is 1.30 bits per heavy atom. The van der Waals surface area contributed by atoms with E-state index in [4.69, 9.17) is 0 Å². The lowest BCUT2D eigenvalue weighted by Crippen LogP contribution is -2.36. The van der Waals surface area contributed by atoms with Crippen LogP contribution in [0.3, 0.4) is 0 Å². The molecule has 0 unspecified atom stereocenters. The summed E-state index contributed by atoms with van der Waals surface area (Å²) in [6.07, 6.45) is -3.06. The molecule has 1 amide bonds. The minimum atomic E-state index is -4.71. The Balaban J connectivity index is 1.80. The zero-order valence-corrected chi connectivity index (χ0v) is 12.9. The molecular formula is C16H14F3NO2S. The van der Waals surface area contributed by atoms with Crippen LogP contribution in [0.4, 0.5) is 18.9 Å². The number of thiophene rings is 1. The van der Waals surface area contributed by atoms with E-state index in [1.165, 1.54) is 29.5 Å². The zero-order chi connectivity index (χ0) is 16.4. The van der Waals surface area contributed by atoms with Gasteiger partial charge >= 0.3 is 6.36 Å². The molecule has 0 N–H and O–H groups in total. The van der Waals surface area contributed by atoms with Crippen LogP contribution in [-0.2, 0) is 17.6 Å². The summed E-state index contributed by atoms with van der Waals surface area (Å²) < 4.78 is 40.9. The molecule has 0 bridgehead atoms. The molecule has 0 radical (unpaired) electrons. The van der Waals surface area contributed by atoms with E-state index in [9.17, 15) is 18.0 Å². The maximum absolute atomic E-state index is 12.5. The first kappa shape index (κ1) is 15.9. The molecule has 23 heavy (non-hydrogen) atoms. The third kappa shape index (κ3) is 3.85. The van der Waals surface area contributed by atoms with Crippen molar-refractivity contribution in [3.63, 3.8) is 0 Å². The molecule has 2 heterocycles. The molecule has 1 aromatic heterocycles. The van der Waals surface area contributed by atoms with Gasteiger partial charge in [-0.15, -0.1) is 13.2 Å². The summed E-state index contributed by atoms with van der Waals surface area (Å²) in [5.41, 5.74) is 2.33. The van der Waals surface area contributed by atoms with E-state index in [2.05, 4.69) is 4.74 Å². The van der Waals surface area contributed by atoms with E-state index in [1.807, 2.05) is 16.8 Å². The van der Waals surface area contributed by atoms with Crippen LogP contribution in [0.5, 0.6) is 5.75 Å². The normalized spacial score (nSPS) is 14.5. The molecule has 0 fully saturated rings. The van der Waals surface area contributed by atoms with E-state index in [-0.39, 0.29) is 11.7 Å². The second-order valence-corrected chi connectivity index (χ2v) is 6.08. The summed E-state index contributed by atoms with van der Waals surface area (Å²) in [5.74, 6) is -0.294. The van der Waals surface area contributed by atoms with Crippen molar-refractivity contribution in [1.82, 2.24) is 0 Å². The molecule has 1 aromatic carbocycles. The van der Waals surface area contributed by atoms with Gasteiger partial charge in [-0.1, -0.05) is 0 Å². The van der Waals surface area contributed by atoms with Crippen LogP contribution in [0.15, 0.2) is 35.0 Å². The Bertz CT molecular complexity index is 698. The van der Waals surface area contributed by atoms with Crippen LogP contribution >= 0.6 is 11.3 Å². The number of ether oxygens (including phenoxy) is 1. The van der Waals surface area contributed by atoms with Crippen molar-refractivity contribution in [3.05, 3.63) is 46.2 Å². The van der Waals surface area contributed by atoms with Gasteiger partial charge < -0.3 is 9.64 Å². The van der Waals surface area contributed by atoms with E-state index in [0.29, 0.717) is 30.6 Å². The van der Waals surface area contributed by atoms with Crippen LogP contribution in [0.1, 0.15) is 17.5 Å². The molecule has 0 aliphatic carbocycles. The maximum Gasteiger partial charge on any atom is 0.573 e. The number of carbonyl (C=O) groups excluding carboxylic acids is 1. The minimum absolute atomic E-state index is 0.0474. The van der Waals surface area contributed by atoms with Gasteiger partial charge in [0.05, 0.1) is 6.42 Å². The van der Waals surface area contributed by atoms with Gasteiger partial charge in [-0.2, -0.15) is 11.3 Å². The SMILES string of the molecule is O=C(Cc1ccsc1)N1CCCc2cc(OC(F)(F)F)ccc21. The van der Waals surface area contributed by atoms with Crippen LogP contribution < -0.4 is 9.64 Å². The molecule has 0 saturated heterocycles. The van der Waals surface area contributed by atoms with Gasteiger partial charge in [-0.05, 0) is 59.0 Å². The summed E-state index contributed by atoms with van der Waals surface area (Å²) >= 11 is 1.53. The van der Waals surface area contributed by atoms with Crippen LogP contribution in [-0.4, -0.2) is 18.8 Å². The van der Waals surface area contributed by atoms with Crippen molar-refractivity contribution in [3.8, 4) is 5.75 Å². The lowest BCUT2D eigenvalue weighted by molar-refractivity contribution is -0.274. The van der Waals surface area contributed by atoms with Gasteiger partial charge in [0.25, 0.3) is 0 Å². The topological polar surface area (TPSA) is 29.5 Å². The van der Waals surface area contributed by atoms with E-state index in [0.717, 1.165) is 12.0 Å². The number of rotatable bonds is 3. The molecule has 2 aromatic rings. The van der Waals surface area contributed by atoms with Gasteiger partial charge in [0.1, 0.15) is 5.75 Å². The molecule has 0 atom stereocenters. The quantitative estimate of drug-likeness (QED) is 0.839. The second kappa shape index (κ2) is 6.23. The Morgan fingerprint density at radius 2 is 2.13 bits per heavy atom. The summed E-state index contributed by atoms with van der Waals surface area (Å²) in [6, 6.07) is 6.05. The molecule has 1 aliphatic heterocycles. The highest BCUT2D eigenvalue weighted by molar-refractivity contribution is 7.08. The highest BCUT2D eigenvalue weighted by atomic mass is 32.1. The summed E-state index contributed by atoms with van der Waals surface area (Å²) in [5, 5.41) is 3.83. The Hall–Kier alpha value is -2.02. The predicted octanol–water partition coefficient (Wildman–Crippen LogP) is 4.17. The average Bonchev–Trinajstić information content (AvgIpc) is 2.97. The van der Waals surface area contributed by atoms with Crippen LogP contribution in [0.25, 0.3) is 0 Å². The molecule has 7 heteroatoms. The molecular weight excluding hydrogens is 327 g/mol. The molecule has 3 nitrogen and oxygen atoms in total. The number of fused-ring (bicyclic) bond motifs is 1. The Kier molecular flexibility index (Phi) is 4.30. The number of anilines is 1. The zero-order valence-electron chi connectivity index (χ0n) is 12.1. The third-order valence-corrected chi connectivity index (χ3v) is 4.37. The first-order chi connectivity index (χ1) is 10.9. The van der Waals surface area contributed by atoms with Crippen molar-refractivity contribution in [2.24, 2.45) is 0 Å². The fourth-order valence-corrected chi connectivity index (χ4v) is 3.36. The fourth-order valence-electron chi connectivity index (χ4n) is 2.69. The van der Waals surface area contributed by atoms with Crippen molar-refractivity contribution in [1.29, 1.82) is 0 Å². The van der Waals surface area contributed by atoms with E-state index in [1.54, 1.807) is 4.90 Å². The second-order valence-electron chi connectivity index (χ2n) is 5.30. The number of hydrogen-bond donors (Lipinski definition) is 0. The van der Waals surface area contributed by atoms with Crippen LogP contribution in [0, 0.1) is 0 Å². The number of halogens is 3. The van der Waals surface area contributed by atoms with Gasteiger partial charge in [0.2, 0.25) is 5.91 Å². The minimum Gasteiger partial charge on any atom is -0.406 e. The standard InChI is InChI=1S/C16H14F3NO2S/c17-16(18,19)22-13-3-4-14-12(9-13)2-1-6-20(14)15(21)8-11-5-7-23-10-11/h3-5,7,9-10H,1-2,6,8H2. The molecule has 122 valence electrons. The number of aryl methyl sites for hydroxylation is 1. The van der Waals surface area contributed by atoms with E-state index >= 15 is 0 Å². The number of amides is 1. The van der Waals surface area contributed by atoms with Crippen molar-refractivity contribution in [2.75, 3.05) is 11.4 Å². The predicted molar refractivity (Wildman–Crippen MR) is 81.8 cm³/mol. The van der Waals surface area contributed by atoms with Crippen molar-refractivity contribution >= 4 is 22.9 Å². The number of hydrogen-bond acceptors (Lipinski definition) is 3. The fraction of sp³-hybridized carbons (Fsp3) is 0.312. The Labute approximate surface area is 135 Å². The number of alkyl halides is 3. The lowest BCUT2D eigenvalue weighted by atomic mass is 10.0. The van der Waals surface area contributed by atoms with Gasteiger partial charge in [-0.25, -0.2) is 0 Å². The smallest absolute Gasteiger partial charge is 0.406 e. The van der Waals surface area contributed by atoms with Crippen LogP contribution in [0.2, 0.25) is 0 Å². The van der Waals surface area contributed by atoms with Gasteiger partial charge in [-0.3, -0.25) is 4.79 Å². The number of benzene rings is 1. The summed E-state index contributed by atoms with van der Waals surface area (Å²) in [7, 11) is 0. The lowest BCUT2D eigenvalue weighted by Gasteiger charge is -2.30. The summed E-state index contributed by atoms with van der Waals surface area (Å²) in [6.45, 7) is 0.579.